The summed E-state index contributed by atoms with van der Waals surface area (Å²) in [5, 5.41) is 10.8. The fourth-order valence-electron chi connectivity index (χ4n) is 4.06. The molecule has 2 aliphatic rings. The Bertz CT molecular complexity index is 1270. The molecular formula is C28H37ClN8O2S2. The lowest BCUT2D eigenvalue weighted by molar-refractivity contribution is 0.414. The molecular weight excluding hydrogens is 580 g/mol. The van der Waals surface area contributed by atoms with E-state index in [0.29, 0.717) is 10.9 Å². The summed E-state index contributed by atoms with van der Waals surface area (Å²) in [6.07, 6.45) is 1.47. The smallest absolute Gasteiger partial charge is 0.205 e. The quantitative estimate of drug-likeness (QED) is 0.285. The van der Waals surface area contributed by atoms with Gasteiger partial charge in [0, 0.05) is 76.7 Å². The molecule has 0 amide bonds. The van der Waals surface area contributed by atoms with Gasteiger partial charge in [-0.25, -0.2) is 9.97 Å². The Morgan fingerprint density at radius 2 is 1.15 bits per heavy atom. The Morgan fingerprint density at radius 1 is 0.683 bits per heavy atom. The normalized spacial score (nSPS) is 14.8. The number of hydrogen-bond acceptors (Lipinski definition) is 12. The molecule has 3 N–H and O–H groups in total. The van der Waals surface area contributed by atoms with Crippen molar-refractivity contribution in [2.45, 2.75) is 12.8 Å². The van der Waals surface area contributed by atoms with Gasteiger partial charge in [0.15, 0.2) is 0 Å². The summed E-state index contributed by atoms with van der Waals surface area (Å²) in [7, 11) is 3.33. The number of halogens is 1. The van der Waals surface area contributed by atoms with Crippen LogP contribution in [-0.4, -0.2) is 85.3 Å². The van der Waals surface area contributed by atoms with Gasteiger partial charge in [-0.3, -0.25) is 0 Å². The number of ether oxygens (including phenoxy) is 2. The van der Waals surface area contributed by atoms with Crippen molar-refractivity contribution in [1.82, 2.24) is 34.7 Å². The van der Waals surface area contributed by atoms with E-state index in [1.807, 2.05) is 36.4 Å². The molecule has 0 bridgehead atoms. The maximum atomic E-state index is 5.70. The third-order valence-corrected chi connectivity index (χ3v) is 7.94. The minimum Gasteiger partial charge on any atom is -0.497 e. The molecule has 0 spiro atoms. The molecule has 0 radical (unpaired) electrons. The van der Waals surface area contributed by atoms with Gasteiger partial charge in [-0.15, -0.1) is 0 Å². The maximum absolute atomic E-state index is 5.70. The van der Waals surface area contributed by atoms with E-state index in [1.165, 1.54) is 28.6 Å². The number of benzene rings is 2. The molecule has 2 fully saturated rings. The molecule has 13 heteroatoms. The molecule has 0 saturated carbocycles. The number of nitrogens with zero attached hydrogens (tertiary/aromatic N) is 5. The van der Waals surface area contributed by atoms with Crippen LogP contribution in [0.25, 0.3) is 0 Å². The zero-order valence-corrected chi connectivity index (χ0v) is 25.8. The van der Waals surface area contributed by atoms with E-state index in [0.717, 1.165) is 92.6 Å². The molecule has 4 aromatic rings. The predicted molar refractivity (Wildman–Crippen MR) is 167 cm³/mol. The number of nitrogens with one attached hydrogen (secondary N) is 3. The van der Waals surface area contributed by atoms with E-state index in [2.05, 4.69) is 51.7 Å². The molecule has 2 saturated heterocycles. The number of anilines is 1. The maximum Gasteiger partial charge on any atom is 0.205 e. The Balaban J connectivity index is 0.000000161. The Morgan fingerprint density at radius 3 is 1.59 bits per heavy atom. The molecule has 0 atom stereocenters. The molecule has 0 unspecified atom stereocenters. The van der Waals surface area contributed by atoms with Gasteiger partial charge in [-0.2, -0.15) is 8.75 Å². The van der Waals surface area contributed by atoms with Crippen molar-refractivity contribution in [3.8, 4) is 11.5 Å². The second kappa shape index (κ2) is 17.2. The first-order chi connectivity index (χ1) is 20.1. The molecule has 2 aromatic carbocycles. The highest BCUT2D eigenvalue weighted by Gasteiger charge is 2.15. The standard InChI is InChI=1S/C14H18N4OS.C10H9ClN2OS.C4H10N2/c1-19-12-4-2-11(3-5-12)10-13-16-14(20-17-13)18-8-6-15-7-9-18;1-14-8-4-2-7(3-5-8)6-9-12-10(11)15-13-9;1-2-6-4-3-5-1/h2-5,15H,6-10H2,1H3;2-5H,6H2,1H3;5-6H,1-4H2. The van der Waals surface area contributed by atoms with Crippen molar-refractivity contribution >= 4 is 39.8 Å². The summed E-state index contributed by atoms with van der Waals surface area (Å²) in [4.78, 5) is 11.0. The predicted octanol–water partition coefficient (Wildman–Crippen LogP) is 3.52. The molecule has 10 nitrogen and oxygen atoms in total. The van der Waals surface area contributed by atoms with Crippen molar-refractivity contribution in [3.05, 3.63) is 75.8 Å². The highest BCUT2D eigenvalue weighted by Crippen LogP contribution is 2.20. The van der Waals surface area contributed by atoms with E-state index < -0.39 is 0 Å². The van der Waals surface area contributed by atoms with Crippen molar-refractivity contribution in [2.24, 2.45) is 0 Å². The van der Waals surface area contributed by atoms with Gasteiger partial charge in [0.2, 0.25) is 9.60 Å². The third kappa shape index (κ3) is 10.8. The summed E-state index contributed by atoms with van der Waals surface area (Å²) in [5.41, 5.74) is 2.35. The Labute approximate surface area is 254 Å². The molecule has 0 aliphatic carbocycles. The summed E-state index contributed by atoms with van der Waals surface area (Å²) in [6.45, 7) is 8.62. The Kier molecular flexibility index (Phi) is 13.0. The van der Waals surface area contributed by atoms with Gasteiger partial charge in [0.25, 0.3) is 0 Å². The number of piperazine rings is 2. The van der Waals surface area contributed by atoms with Crippen molar-refractivity contribution < 1.29 is 9.47 Å². The molecule has 220 valence electrons. The molecule has 41 heavy (non-hydrogen) atoms. The third-order valence-electron chi connectivity index (χ3n) is 6.29. The van der Waals surface area contributed by atoms with Crippen LogP contribution in [-0.2, 0) is 12.8 Å². The summed E-state index contributed by atoms with van der Waals surface area (Å²) in [5.74, 6) is 3.38. The summed E-state index contributed by atoms with van der Waals surface area (Å²) < 4.78 is 19.3. The van der Waals surface area contributed by atoms with Crippen LogP contribution in [0.15, 0.2) is 48.5 Å². The topological polar surface area (TPSA) is 109 Å². The lowest BCUT2D eigenvalue weighted by Gasteiger charge is -2.26. The first-order valence-corrected chi connectivity index (χ1v) is 15.5. The highest BCUT2D eigenvalue weighted by molar-refractivity contribution is 7.10. The monoisotopic (exact) mass is 616 g/mol. The lowest BCUT2D eigenvalue weighted by Crippen LogP contribution is -2.43. The van der Waals surface area contributed by atoms with Gasteiger partial charge in [0.05, 0.1) is 14.2 Å². The van der Waals surface area contributed by atoms with Crippen LogP contribution in [0.5, 0.6) is 11.5 Å². The Hall–Kier alpha value is -2.87. The average molecular weight is 617 g/mol. The van der Waals surface area contributed by atoms with Gasteiger partial charge in [-0.1, -0.05) is 24.3 Å². The lowest BCUT2D eigenvalue weighted by atomic mass is 10.1. The van der Waals surface area contributed by atoms with Gasteiger partial charge in [-0.05, 0) is 58.5 Å². The first kappa shape index (κ1) is 31.1. The van der Waals surface area contributed by atoms with E-state index in [4.69, 9.17) is 21.1 Å². The zero-order valence-electron chi connectivity index (χ0n) is 23.4. The van der Waals surface area contributed by atoms with Crippen LogP contribution < -0.4 is 30.3 Å². The second-order valence-electron chi connectivity index (χ2n) is 9.24. The highest BCUT2D eigenvalue weighted by atomic mass is 35.5. The van der Waals surface area contributed by atoms with Crippen LogP contribution >= 0.6 is 34.7 Å². The molecule has 4 heterocycles. The fourth-order valence-corrected chi connectivity index (χ4v) is 5.43. The van der Waals surface area contributed by atoms with E-state index in [-0.39, 0.29) is 0 Å². The minimum atomic E-state index is 0.485. The molecule has 6 rings (SSSR count). The SMILES string of the molecule is C1CNCCN1.COc1ccc(Cc2nsc(Cl)n2)cc1.COc1ccc(Cc2nsc(N3CCNCC3)n2)cc1. The van der Waals surface area contributed by atoms with Crippen LogP contribution in [0.1, 0.15) is 22.8 Å². The van der Waals surface area contributed by atoms with E-state index in [1.54, 1.807) is 14.2 Å². The van der Waals surface area contributed by atoms with Crippen LogP contribution in [0.3, 0.4) is 0 Å². The second-order valence-corrected chi connectivity index (χ2v) is 11.3. The van der Waals surface area contributed by atoms with Crippen molar-refractivity contribution in [2.75, 3.05) is 71.5 Å². The summed E-state index contributed by atoms with van der Waals surface area (Å²) >= 11 is 8.41. The van der Waals surface area contributed by atoms with Gasteiger partial charge < -0.3 is 30.3 Å². The molecule has 2 aromatic heterocycles. The number of rotatable bonds is 7. The minimum absolute atomic E-state index is 0.485. The van der Waals surface area contributed by atoms with Gasteiger partial charge >= 0.3 is 0 Å². The zero-order chi connectivity index (χ0) is 28.7. The van der Waals surface area contributed by atoms with Crippen LogP contribution in [0.2, 0.25) is 4.47 Å². The fraction of sp³-hybridized carbons (Fsp3) is 0.429. The van der Waals surface area contributed by atoms with Crippen LogP contribution in [0.4, 0.5) is 5.13 Å². The van der Waals surface area contributed by atoms with Crippen molar-refractivity contribution in [3.63, 3.8) is 0 Å². The van der Waals surface area contributed by atoms with E-state index in [9.17, 15) is 0 Å². The summed E-state index contributed by atoms with van der Waals surface area (Å²) in [6, 6.07) is 15.9. The average Bonchev–Trinajstić information content (AvgIpc) is 3.68. The van der Waals surface area contributed by atoms with Crippen molar-refractivity contribution in [1.29, 1.82) is 0 Å². The van der Waals surface area contributed by atoms with E-state index >= 15 is 0 Å². The van der Waals surface area contributed by atoms with Crippen LogP contribution in [0, 0.1) is 0 Å². The first-order valence-electron chi connectivity index (χ1n) is 13.6. The number of hydrogen-bond donors (Lipinski definition) is 3. The molecule has 2 aliphatic heterocycles. The number of methoxy groups -OCH3 is 2. The van der Waals surface area contributed by atoms with Gasteiger partial charge in [0.1, 0.15) is 23.1 Å². The number of aromatic nitrogens is 4. The largest absolute Gasteiger partial charge is 0.497 e.